The van der Waals surface area contributed by atoms with Gasteiger partial charge in [0.25, 0.3) is 0 Å². The molecule has 29 heavy (non-hydrogen) atoms. The van der Waals surface area contributed by atoms with Crippen LogP contribution in [0.2, 0.25) is 5.02 Å². The Morgan fingerprint density at radius 3 is 1.59 bits per heavy atom. The number of hydrogen-bond donors (Lipinski definition) is 0. The molecule has 2 nitrogen and oxygen atoms in total. The van der Waals surface area contributed by atoms with Crippen LogP contribution in [0.1, 0.15) is 0 Å². The maximum absolute atomic E-state index is 10.7. The first-order chi connectivity index (χ1) is 12.7. The molecule has 1 aliphatic rings. The van der Waals surface area contributed by atoms with Crippen molar-refractivity contribution in [1.29, 1.82) is 0 Å². The molecule has 0 aliphatic heterocycles. The van der Waals surface area contributed by atoms with Gasteiger partial charge in [0.2, 0.25) is 0 Å². The van der Waals surface area contributed by atoms with Crippen molar-refractivity contribution in [1.82, 2.24) is 0 Å². The van der Waals surface area contributed by atoms with Crippen LogP contribution in [0.5, 0.6) is 17.2 Å². The van der Waals surface area contributed by atoms with E-state index in [0.717, 1.165) is 17.2 Å². The fourth-order valence-electron chi connectivity index (χ4n) is 1.63. The van der Waals surface area contributed by atoms with E-state index >= 15 is 0 Å². The van der Waals surface area contributed by atoms with E-state index in [1.54, 1.807) is 13.2 Å². The Labute approximate surface area is 182 Å². The summed E-state index contributed by atoms with van der Waals surface area (Å²) in [4.78, 5) is 0. The first kappa shape index (κ1) is 27.4. The number of halogens is 7. The summed E-state index contributed by atoms with van der Waals surface area (Å²) in [6, 6.07) is 14.7. The summed E-state index contributed by atoms with van der Waals surface area (Å²) in [6.07, 6.45) is 10.0. The molecule has 0 unspecified atom stereocenters. The maximum atomic E-state index is 9.87. The van der Waals surface area contributed by atoms with Gasteiger partial charge in [0, 0.05) is 11.4 Å². The molecule has 11 heteroatoms. The van der Waals surface area contributed by atoms with Crippen molar-refractivity contribution in [2.24, 2.45) is 0 Å². The zero-order chi connectivity index (χ0) is 21.3. The number of allylic oxidation sites excluding steroid dienone is 4. The van der Waals surface area contributed by atoms with E-state index in [4.69, 9.17) is 21.1 Å². The summed E-state index contributed by atoms with van der Waals surface area (Å²) in [6.45, 7) is 0. The van der Waals surface area contributed by atoms with Crippen molar-refractivity contribution in [2.45, 2.75) is 0 Å². The summed E-state index contributed by atoms with van der Waals surface area (Å²) in [5, 5.41) is 0.658. The van der Waals surface area contributed by atoms with Crippen LogP contribution in [0.3, 0.4) is 0 Å². The second-order valence-electron chi connectivity index (χ2n) is 5.16. The van der Waals surface area contributed by atoms with Crippen molar-refractivity contribution >= 4 is 19.4 Å². The number of methoxy groups -OCH3 is 1. The van der Waals surface area contributed by atoms with Gasteiger partial charge in [0.1, 0.15) is 17.2 Å². The van der Waals surface area contributed by atoms with Crippen molar-refractivity contribution in [3.63, 3.8) is 0 Å². The standard InChI is InChI=1S/C13H11ClO2.C5H5.F6P.Ru/c1-15-11-5-7-12(8-6-11)16-13-4-2-3-10(14)9-13;1-2-4-5-3-1;1-7(2,3,4,5)6;/h2-9H,1H3;1-5H;;/q;;-1;+1. The maximum Gasteiger partial charge on any atom is 1.00 e. The Balaban J connectivity index is 0.000000501. The van der Waals surface area contributed by atoms with Crippen molar-refractivity contribution < 1.29 is 54.1 Å². The fraction of sp³-hybridized carbons (Fsp3) is 0.0556. The number of benzene rings is 2. The van der Waals surface area contributed by atoms with Crippen LogP contribution in [0.25, 0.3) is 0 Å². The first-order valence-electron chi connectivity index (χ1n) is 7.53. The number of hydrogen-bond acceptors (Lipinski definition) is 2. The van der Waals surface area contributed by atoms with Crippen molar-refractivity contribution in [3.8, 4) is 17.2 Å². The van der Waals surface area contributed by atoms with Gasteiger partial charge in [-0.1, -0.05) is 42.0 Å². The minimum absolute atomic E-state index is 0. The molecular formula is C18H16ClF6O2PRu. The van der Waals surface area contributed by atoms with Crippen LogP contribution in [0, 0.1) is 6.42 Å². The minimum atomic E-state index is -10.7. The average Bonchev–Trinajstić information content (AvgIpc) is 3.12. The molecule has 0 atom stereocenters. The van der Waals surface area contributed by atoms with Gasteiger partial charge in [0.15, 0.2) is 0 Å². The third kappa shape index (κ3) is 18.2. The van der Waals surface area contributed by atoms with E-state index in [-0.39, 0.29) is 19.5 Å². The van der Waals surface area contributed by atoms with Gasteiger partial charge >= 0.3 is 52.5 Å². The molecule has 0 aromatic heterocycles. The number of ether oxygens (including phenoxy) is 2. The largest absolute Gasteiger partial charge is 1.00 e. The van der Waals surface area contributed by atoms with Crippen LogP contribution >= 0.6 is 19.4 Å². The van der Waals surface area contributed by atoms with Gasteiger partial charge in [0.05, 0.1) is 7.11 Å². The normalized spacial score (nSPS) is 14.1. The van der Waals surface area contributed by atoms with Gasteiger partial charge in [-0.05, 0) is 42.5 Å². The third-order valence-corrected chi connectivity index (χ3v) is 2.88. The van der Waals surface area contributed by atoms with Crippen molar-refractivity contribution in [2.75, 3.05) is 7.11 Å². The zero-order valence-corrected chi connectivity index (χ0v) is 18.2. The summed E-state index contributed by atoms with van der Waals surface area (Å²) in [5.41, 5.74) is 0. The third-order valence-electron chi connectivity index (χ3n) is 2.65. The first-order valence-corrected chi connectivity index (χ1v) is 9.94. The van der Waals surface area contributed by atoms with E-state index in [1.165, 1.54) is 0 Å². The second-order valence-corrected chi connectivity index (χ2v) is 7.51. The molecule has 0 bridgehead atoms. The van der Waals surface area contributed by atoms with Crippen molar-refractivity contribution in [3.05, 3.63) is 84.3 Å². The molecule has 0 heterocycles. The molecule has 0 amide bonds. The Kier molecular flexibility index (Phi) is 9.90. The Bertz CT molecular complexity index is 803. The summed E-state index contributed by atoms with van der Waals surface area (Å²) < 4.78 is 69.9. The molecule has 2 aromatic carbocycles. The molecular weight excluding hydrogens is 530 g/mol. The van der Waals surface area contributed by atoms with E-state index < -0.39 is 7.81 Å². The molecule has 0 saturated heterocycles. The predicted octanol–water partition coefficient (Wildman–Crippen LogP) is 8.84. The van der Waals surface area contributed by atoms with Gasteiger partial charge in [-0.25, -0.2) is 0 Å². The van der Waals surface area contributed by atoms with Crippen LogP contribution in [0.15, 0.2) is 72.8 Å². The van der Waals surface area contributed by atoms with Gasteiger partial charge in [-0.15, -0.1) is 0 Å². The smallest absolute Gasteiger partial charge is 0.0767 e. The summed E-state index contributed by atoms with van der Waals surface area (Å²) in [7, 11) is -9.03. The zero-order valence-electron chi connectivity index (χ0n) is 14.8. The van der Waals surface area contributed by atoms with E-state index in [9.17, 15) is 25.2 Å². The minimum Gasteiger partial charge on any atom is -0.0767 e. The van der Waals surface area contributed by atoms with E-state index in [2.05, 4.69) is 0 Å². The van der Waals surface area contributed by atoms with Crippen LogP contribution in [0.4, 0.5) is 25.2 Å². The van der Waals surface area contributed by atoms with Gasteiger partial charge < -0.3 is 9.47 Å². The molecule has 0 spiro atoms. The molecule has 0 fully saturated rings. The topological polar surface area (TPSA) is 18.5 Å². The van der Waals surface area contributed by atoms with Crippen LogP contribution < -0.4 is 9.47 Å². The van der Waals surface area contributed by atoms with Gasteiger partial charge in [-0.3, -0.25) is 0 Å². The monoisotopic (exact) mass is 546 g/mol. The SMILES string of the molecule is COc1ccc(Oc2cccc(Cl)c2)cc1.F[P-](F)(F)(F)(F)F.[CH]1C=CC=C1.[Ru+]. The number of rotatable bonds is 3. The average molecular weight is 546 g/mol. The Morgan fingerprint density at radius 2 is 1.21 bits per heavy atom. The van der Waals surface area contributed by atoms with E-state index in [1.807, 2.05) is 73.2 Å². The molecule has 2 aromatic rings. The summed E-state index contributed by atoms with van der Waals surface area (Å²) in [5.74, 6) is 2.28. The quantitative estimate of drug-likeness (QED) is 0.218. The molecule has 162 valence electrons. The Morgan fingerprint density at radius 1 is 0.724 bits per heavy atom. The molecule has 2 radical (unpaired) electrons. The fourth-order valence-corrected chi connectivity index (χ4v) is 1.81. The predicted molar refractivity (Wildman–Crippen MR) is 101 cm³/mol. The van der Waals surface area contributed by atoms with Crippen LogP contribution in [-0.2, 0) is 19.5 Å². The van der Waals surface area contributed by atoms with Crippen LogP contribution in [-0.4, -0.2) is 7.11 Å². The van der Waals surface area contributed by atoms with Gasteiger partial charge in [-0.2, -0.15) is 0 Å². The Hall–Kier alpha value is -1.56. The summed E-state index contributed by atoms with van der Waals surface area (Å²) >= 11 is 5.86. The molecule has 3 rings (SSSR count). The van der Waals surface area contributed by atoms with E-state index in [0.29, 0.717) is 5.02 Å². The molecule has 0 N–H and O–H groups in total. The molecule has 1 aliphatic carbocycles. The molecule has 0 saturated carbocycles. The second kappa shape index (κ2) is 10.5.